The van der Waals surface area contributed by atoms with E-state index in [1.54, 1.807) is 24.3 Å². The molecule has 96 valence electrons. The van der Waals surface area contributed by atoms with Gasteiger partial charge in [0.25, 0.3) is 0 Å². The van der Waals surface area contributed by atoms with Gasteiger partial charge in [0, 0.05) is 12.1 Å². The summed E-state index contributed by atoms with van der Waals surface area (Å²) in [5, 5.41) is 2.22. The van der Waals surface area contributed by atoms with Crippen molar-refractivity contribution in [1.29, 1.82) is 0 Å². The molecular formula is C11H9F3N2OS. The predicted molar refractivity (Wildman–Crippen MR) is 62.5 cm³/mol. The number of methoxy groups -OCH3 is 1. The third-order valence-corrected chi connectivity index (χ3v) is 2.64. The summed E-state index contributed by atoms with van der Waals surface area (Å²) in [5.41, 5.74) is -0.398. The molecule has 0 fully saturated rings. The molecule has 1 aromatic carbocycles. The molecule has 3 nitrogen and oxygen atoms in total. The molecule has 0 aliphatic carbocycles. The van der Waals surface area contributed by atoms with E-state index in [0.29, 0.717) is 11.4 Å². The maximum atomic E-state index is 12.5. The molecule has 0 saturated heterocycles. The normalized spacial score (nSPS) is 11.6. The molecule has 0 aliphatic heterocycles. The molecule has 18 heavy (non-hydrogen) atoms. The highest BCUT2D eigenvalue weighted by atomic mass is 32.1. The first kappa shape index (κ1) is 12.7. The summed E-state index contributed by atoms with van der Waals surface area (Å²) in [5.74, 6) is 0.539. The van der Waals surface area contributed by atoms with Crippen molar-refractivity contribution in [2.24, 2.45) is 0 Å². The van der Waals surface area contributed by atoms with Gasteiger partial charge in [0.15, 0.2) is 0 Å². The zero-order chi connectivity index (χ0) is 13.3. The van der Waals surface area contributed by atoms with Crippen LogP contribution in [0.15, 0.2) is 30.3 Å². The monoisotopic (exact) mass is 274 g/mol. The van der Waals surface area contributed by atoms with Crippen LogP contribution in [-0.4, -0.2) is 16.9 Å². The van der Waals surface area contributed by atoms with Gasteiger partial charge in [-0.05, 0) is 12.1 Å². The quantitative estimate of drug-likeness (QED) is 0.849. The number of nitrogens with one attached hydrogen (secondary N) is 1. The lowest BCUT2D eigenvalue weighted by molar-refractivity contribution is -0.141. The molecule has 0 aliphatic rings. The summed E-state index contributed by atoms with van der Waals surface area (Å²) < 4.78 is 43.8. The number of hydrogen-bond donors (Lipinski definition) is 1. The first-order chi connectivity index (χ1) is 8.41. The van der Waals surface area contributed by atoms with Crippen LogP contribution in [-0.2, 0) is 6.18 Å². The second-order valence-corrected chi connectivity index (χ2v) is 3.96. The number of halogens is 3. The Morgan fingerprint density at radius 1 is 1.28 bits per heavy atom. The largest absolute Gasteiger partial charge is 0.497 e. The topological polar surface area (TPSA) is 29.9 Å². The van der Waals surface area contributed by atoms with Crippen LogP contribution >= 0.6 is 12.2 Å². The number of nitrogens with zero attached hydrogens (tertiary/aromatic N) is 1. The van der Waals surface area contributed by atoms with Crippen molar-refractivity contribution < 1.29 is 17.9 Å². The molecule has 1 N–H and O–H groups in total. The number of H-pyrrole nitrogens is 1. The van der Waals surface area contributed by atoms with E-state index in [2.05, 4.69) is 5.10 Å². The van der Waals surface area contributed by atoms with Gasteiger partial charge in [-0.1, -0.05) is 18.3 Å². The second kappa shape index (κ2) is 4.49. The fourth-order valence-electron chi connectivity index (χ4n) is 1.48. The standard InChI is InChI=1S/C11H9F3N2OS/c1-17-8-4-2-3-7(5-8)16-10(18)6-9(15-16)11(12,13)14/h2-6,15H,1H3. The highest BCUT2D eigenvalue weighted by Gasteiger charge is 2.33. The van der Waals surface area contributed by atoms with Gasteiger partial charge in [0.2, 0.25) is 0 Å². The summed E-state index contributed by atoms with van der Waals surface area (Å²) in [6.07, 6.45) is -4.45. The Hall–Kier alpha value is -1.76. The van der Waals surface area contributed by atoms with Crippen LogP contribution in [0.3, 0.4) is 0 Å². The molecule has 0 saturated carbocycles. The van der Waals surface area contributed by atoms with Crippen LogP contribution in [0.2, 0.25) is 0 Å². The molecule has 0 unspecified atom stereocenters. The van der Waals surface area contributed by atoms with E-state index in [1.165, 1.54) is 11.8 Å². The SMILES string of the molecule is COc1cccc(-n2[nH]c(C(F)(F)F)cc2=S)c1. The number of ether oxygens (including phenoxy) is 1. The van der Waals surface area contributed by atoms with Gasteiger partial charge >= 0.3 is 6.18 Å². The summed E-state index contributed by atoms with van der Waals surface area (Å²) in [4.78, 5) is 0. The van der Waals surface area contributed by atoms with Crippen LogP contribution in [0, 0.1) is 4.64 Å². The lowest BCUT2D eigenvalue weighted by atomic mass is 10.3. The number of aromatic amines is 1. The van der Waals surface area contributed by atoms with Crippen molar-refractivity contribution in [3.05, 3.63) is 40.7 Å². The molecule has 0 bridgehead atoms. The number of alkyl halides is 3. The van der Waals surface area contributed by atoms with E-state index in [4.69, 9.17) is 17.0 Å². The molecular weight excluding hydrogens is 265 g/mol. The minimum absolute atomic E-state index is 0.0515. The first-order valence-corrected chi connectivity index (χ1v) is 5.36. The molecule has 0 spiro atoms. The Labute approximate surface area is 106 Å². The van der Waals surface area contributed by atoms with Crippen molar-refractivity contribution in [2.45, 2.75) is 6.18 Å². The highest BCUT2D eigenvalue weighted by molar-refractivity contribution is 7.71. The maximum Gasteiger partial charge on any atom is 0.432 e. The summed E-state index contributed by atoms with van der Waals surface area (Å²) in [7, 11) is 1.48. The minimum atomic E-state index is -4.45. The van der Waals surface area contributed by atoms with E-state index in [-0.39, 0.29) is 4.64 Å². The number of benzene rings is 1. The Kier molecular flexibility index (Phi) is 3.16. The van der Waals surface area contributed by atoms with Crippen LogP contribution in [0.25, 0.3) is 5.69 Å². The van der Waals surface area contributed by atoms with Gasteiger partial charge in [-0.2, -0.15) is 13.2 Å². The van der Waals surface area contributed by atoms with Gasteiger partial charge in [0.05, 0.1) is 12.8 Å². The van der Waals surface area contributed by atoms with Gasteiger partial charge in [0.1, 0.15) is 16.1 Å². The average Bonchev–Trinajstić information content (AvgIpc) is 2.71. The fraction of sp³-hybridized carbons (Fsp3) is 0.182. The predicted octanol–water partition coefficient (Wildman–Crippen LogP) is 3.56. The number of hydrogen-bond acceptors (Lipinski definition) is 2. The van der Waals surface area contributed by atoms with E-state index < -0.39 is 11.9 Å². The van der Waals surface area contributed by atoms with Gasteiger partial charge in [-0.3, -0.25) is 5.10 Å². The zero-order valence-corrected chi connectivity index (χ0v) is 10.1. The van der Waals surface area contributed by atoms with Crippen molar-refractivity contribution >= 4 is 12.2 Å². The van der Waals surface area contributed by atoms with E-state index in [9.17, 15) is 13.2 Å². The lowest BCUT2D eigenvalue weighted by Crippen LogP contribution is -2.07. The Morgan fingerprint density at radius 3 is 2.56 bits per heavy atom. The van der Waals surface area contributed by atoms with Gasteiger partial charge in [-0.25, -0.2) is 4.68 Å². The molecule has 0 radical (unpaired) electrons. The molecule has 0 atom stereocenters. The average molecular weight is 274 g/mol. The molecule has 1 heterocycles. The van der Waals surface area contributed by atoms with E-state index in [1.807, 2.05) is 0 Å². The zero-order valence-electron chi connectivity index (χ0n) is 9.28. The van der Waals surface area contributed by atoms with Crippen molar-refractivity contribution in [1.82, 2.24) is 9.78 Å². The van der Waals surface area contributed by atoms with Crippen molar-refractivity contribution in [3.63, 3.8) is 0 Å². The third-order valence-electron chi connectivity index (χ3n) is 2.34. The third kappa shape index (κ3) is 2.40. The van der Waals surface area contributed by atoms with Crippen molar-refractivity contribution in [3.8, 4) is 11.4 Å². The Balaban J connectivity index is 2.51. The molecule has 7 heteroatoms. The summed E-state index contributed by atoms with van der Waals surface area (Å²) in [6.45, 7) is 0. The fourth-order valence-corrected chi connectivity index (χ4v) is 1.75. The Morgan fingerprint density at radius 2 is 2.00 bits per heavy atom. The van der Waals surface area contributed by atoms with E-state index >= 15 is 0 Å². The van der Waals surface area contributed by atoms with Gasteiger partial charge < -0.3 is 4.74 Å². The minimum Gasteiger partial charge on any atom is -0.497 e. The van der Waals surface area contributed by atoms with Crippen LogP contribution in [0.1, 0.15) is 5.69 Å². The van der Waals surface area contributed by atoms with Crippen LogP contribution in [0.5, 0.6) is 5.75 Å². The molecule has 2 rings (SSSR count). The second-order valence-electron chi connectivity index (χ2n) is 3.54. The lowest BCUT2D eigenvalue weighted by Gasteiger charge is -2.06. The summed E-state index contributed by atoms with van der Waals surface area (Å²) >= 11 is 4.89. The maximum absolute atomic E-state index is 12.5. The summed E-state index contributed by atoms with van der Waals surface area (Å²) in [6, 6.07) is 7.47. The Bertz CT molecular complexity index is 615. The van der Waals surface area contributed by atoms with Crippen molar-refractivity contribution in [2.75, 3.05) is 7.11 Å². The van der Waals surface area contributed by atoms with E-state index in [0.717, 1.165) is 6.07 Å². The highest BCUT2D eigenvalue weighted by Crippen LogP contribution is 2.28. The molecule has 2 aromatic rings. The smallest absolute Gasteiger partial charge is 0.432 e. The van der Waals surface area contributed by atoms with Crippen LogP contribution < -0.4 is 4.74 Å². The molecule has 1 aromatic heterocycles. The first-order valence-electron chi connectivity index (χ1n) is 4.95. The van der Waals surface area contributed by atoms with Crippen LogP contribution in [0.4, 0.5) is 13.2 Å². The number of rotatable bonds is 2. The number of aromatic nitrogens is 2. The molecule has 0 amide bonds. The van der Waals surface area contributed by atoms with Gasteiger partial charge in [-0.15, -0.1) is 0 Å².